The minimum Gasteiger partial charge on any atom is -0.464 e. The van der Waals surface area contributed by atoms with Gasteiger partial charge in [-0.2, -0.15) is 0 Å². The summed E-state index contributed by atoms with van der Waals surface area (Å²) in [7, 11) is 1.60. The molecular formula is C10H14BrNO2. The van der Waals surface area contributed by atoms with Gasteiger partial charge in [-0.1, -0.05) is 6.92 Å². The van der Waals surface area contributed by atoms with Gasteiger partial charge in [-0.25, -0.2) is 4.98 Å². The van der Waals surface area contributed by atoms with Crippen LogP contribution in [-0.4, -0.2) is 18.9 Å². The Morgan fingerprint density at radius 1 is 1.50 bits per heavy atom. The van der Waals surface area contributed by atoms with Crippen LogP contribution in [0.25, 0.3) is 0 Å². The second-order valence-corrected chi connectivity index (χ2v) is 3.70. The highest BCUT2D eigenvalue weighted by Gasteiger charge is 2.09. The maximum atomic E-state index is 5.43. The van der Waals surface area contributed by atoms with E-state index in [9.17, 15) is 0 Å². The molecule has 1 aromatic rings. The van der Waals surface area contributed by atoms with Crippen LogP contribution in [0.4, 0.5) is 0 Å². The van der Waals surface area contributed by atoms with E-state index in [-0.39, 0.29) is 6.79 Å². The molecule has 0 fully saturated rings. The van der Waals surface area contributed by atoms with E-state index in [4.69, 9.17) is 9.47 Å². The van der Waals surface area contributed by atoms with Gasteiger partial charge in [0.1, 0.15) is 4.60 Å². The fourth-order valence-electron chi connectivity index (χ4n) is 1.22. The summed E-state index contributed by atoms with van der Waals surface area (Å²) < 4.78 is 11.0. The van der Waals surface area contributed by atoms with Crippen LogP contribution in [0.2, 0.25) is 0 Å². The van der Waals surface area contributed by atoms with Gasteiger partial charge >= 0.3 is 0 Å². The molecule has 0 aliphatic heterocycles. The Kier molecular flexibility index (Phi) is 4.35. The number of methoxy groups -OCH3 is 1. The summed E-state index contributed by atoms with van der Waals surface area (Å²) in [6.07, 6.45) is 0.918. The third kappa shape index (κ3) is 2.69. The van der Waals surface area contributed by atoms with Crippen LogP contribution in [0.3, 0.4) is 0 Å². The second-order valence-electron chi connectivity index (χ2n) is 2.95. The zero-order chi connectivity index (χ0) is 10.6. The number of aryl methyl sites for hydroxylation is 2. The average Bonchev–Trinajstić information content (AvgIpc) is 2.15. The van der Waals surface area contributed by atoms with Crippen LogP contribution in [-0.2, 0) is 11.2 Å². The zero-order valence-corrected chi connectivity index (χ0v) is 10.2. The molecule has 78 valence electrons. The Balaban J connectivity index is 2.99. The second kappa shape index (κ2) is 5.32. The van der Waals surface area contributed by atoms with Gasteiger partial charge < -0.3 is 9.47 Å². The molecule has 0 aliphatic rings. The monoisotopic (exact) mass is 259 g/mol. The van der Waals surface area contributed by atoms with Crippen molar-refractivity contribution in [3.8, 4) is 5.75 Å². The van der Waals surface area contributed by atoms with Gasteiger partial charge in [0.25, 0.3) is 0 Å². The van der Waals surface area contributed by atoms with E-state index in [1.807, 2.05) is 13.0 Å². The molecule has 3 nitrogen and oxygen atoms in total. The van der Waals surface area contributed by atoms with E-state index in [0.717, 1.165) is 28.0 Å². The molecule has 1 rings (SSSR count). The summed E-state index contributed by atoms with van der Waals surface area (Å²) in [6.45, 7) is 4.29. The average molecular weight is 260 g/mol. The van der Waals surface area contributed by atoms with Crippen LogP contribution in [0.5, 0.6) is 5.75 Å². The highest BCUT2D eigenvalue weighted by molar-refractivity contribution is 9.10. The van der Waals surface area contributed by atoms with Gasteiger partial charge in [-0.05, 0) is 40.9 Å². The summed E-state index contributed by atoms with van der Waals surface area (Å²) in [5.41, 5.74) is 2.12. The SMILES string of the molecule is CCc1cc(C)nc(Br)c1OCOC. The smallest absolute Gasteiger partial charge is 0.188 e. The van der Waals surface area contributed by atoms with Crippen molar-refractivity contribution in [1.82, 2.24) is 4.98 Å². The Labute approximate surface area is 92.6 Å². The lowest BCUT2D eigenvalue weighted by Gasteiger charge is -2.11. The quantitative estimate of drug-likeness (QED) is 0.616. The number of hydrogen-bond donors (Lipinski definition) is 0. The fourth-order valence-corrected chi connectivity index (χ4v) is 1.87. The summed E-state index contributed by atoms with van der Waals surface area (Å²) >= 11 is 3.38. The third-order valence-electron chi connectivity index (χ3n) is 1.84. The van der Waals surface area contributed by atoms with Gasteiger partial charge in [0, 0.05) is 12.8 Å². The standard InChI is InChI=1S/C10H14BrNO2/c1-4-8-5-7(2)12-10(11)9(8)14-6-13-3/h5H,4,6H2,1-3H3. The molecule has 4 heteroatoms. The highest BCUT2D eigenvalue weighted by atomic mass is 79.9. The van der Waals surface area contributed by atoms with Crippen molar-refractivity contribution in [3.05, 3.63) is 21.9 Å². The van der Waals surface area contributed by atoms with E-state index in [2.05, 4.69) is 27.8 Å². The number of nitrogens with zero attached hydrogens (tertiary/aromatic N) is 1. The first-order valence-electron chi connectivity index (χ1n) is 4.46. The molecule has 0 aromatic carbocycles. The summed E-state index contributed by atoms with van der Waals surface area (Å²) in [5.74, 6) is 0.778. The number of rotatable bonds is 4. The molecule has 0 aliphatic carbocycles. The van der Waals surface area contributed by atoms with E-state index < -0.39 is 0 Å². The van der Waals surface area contributed by atoms with Gasteiger partial charge in [-0.15, -0.1) is 0 Å². The molecule has 0 unspecified atom stereocenters. The van der Waals surface area contributed by atoms with E-state index in [1.54, 1.807) is 7.11 Å². The Bertz CT molecular complexity index is 315. The maximum Gasteiger partial charge on any atom is 0.188 e. The van der Waals surface area contributed by atoms with Gasteiger partial charge in [0.2, 0.25) is 0 Å². The number of hydrogen-bond acceptors (Lipinski definition) is 3. The first kappa shape index (κ1) is 11.5. The highest BCUT2D eigenvalue weighted by Crippen LogP contribution is 2.28. The Hall–Kier alpha value is -0.610. The van der Waals surface area contributed by atoms with Gasteiger partial charge in [-0.3, -0.25) is 0 Å². The van der Waals surface area contributed by atoms with Crippen LogP contribution < -0.4 is 4.74 Å². The first-order chi connectivity index (χ1) is 6.69. The molecular weight excluding hydrogens is 246 g/mol. The Morgan fingerprint density at radius 3 is 2.79 bits per heavy atom. The molecule has 1 aromatic heterocycles. The van der Waals surface area contributed by atoms with E-state index in [1.165, 1.54) is 0 Å². The molecule has 0 bridgehead atoms. The van der Waals surface area contributed by atoms with Crippen molar-refractivity contribution in [3.63, 3.8) is 0 Å². The molecule has 1 heterocycles. The molecule has 0 radical (unpaired) electrons. The molecule has 0 saturated heterocycles. The molecule has 0 amide bonds. The minimum atomic E-state index is 0.246. The topological polar surface area (TPSA) is 31.4 Å². The fraction of sp³-hybridized carbons (Fsp3) is 0.500. The summed E-state index contributed by atoms with van der Waals surface area (Å²) in [6, 6.07) is 2.02. The van der Waals surface area contributed by atoms with Gasteiger partial charge in [0.05, 0.1) is 0 Å². The Morgan fingerprint density at radius 2 is 2.21 bits per heavy atom. The molecule has 0 spiro atoms. The predicted molar refractivity (Wildman–Crippen MR) is 58.6 cm³/mol. The van der Waals surface area contributed by atoms with Crippen LogP contribution >= 0.6 is 15.9 Å². The summed E-state index contributed by atoms with van der Waals surface area (Å²) in [5, 5.41) is 0. The van der Waals surface area contributed by atoms with Crippen molar-refractivity contribution in [2.24, 2.45) is 0 Å². The van der Waals surface area contributed by atoms with E-state index in [0.29, 0.717) is 0 Å². The van der Waals surface area contributed by atoms with Crippen LogP contribution in [0.15, 0.2) is 10.7 Å². The van der Waals surface area contributed by atoms with E-state index >= 15 is 0 Å². The van der Waals surface area contributed by atoms with Crippen molar-refractivity contribution in [2.75, 3.05) is 13.9 Å². The van der Waals surface area contributed by atoms with Crippen LogP contribution in [0, 0.1) is 6.92 Å². The van der Waals surface area contributed by atoms with Crippen molar-refractivity contribution in [2.45, 2.75) is 20.3 Å². The lowest BCUT2D eigenvalue weighted by molar-refractivity contribution is 0.0495. The normalized spacial score (nSPS) is 10.3. The lowest BCUT2D eigenvalue weighted by atomic mass is 10.2. The maximum absolute atomic E-state index is 5.43. The predicted octanol–water partition coefficient (Wildman–Crippen LogP) is 2.70. The molecule has 0 N–H and O–H groups in total. The zero-order valence-electron chi connectivity index (χ0n) is 8.63. The molecule has 14 heavy (non-hydrogen) atoms. The molecule has 0 atom stereocenters. The molecule has 0 saturated carbocycles. The van der Waals surface area contributed by atoms with Gasteiger partial charge in [0.15, 0.2) is 12.5 Å². The number of halogens is 1. The number of aromatic nitrogens is 1. The minimum absolute atomic E-state index is 0.246. The lowest BCUT2D eigenvalue weighted by Crippen LogP contribution is -2.03. The number of ether oxygens (including phenoxy) is 2. The first-order valence-corrected chi connectivity index (χ1v) is 5.26. The summed E-state index contributed by atoms with van der Waals surface area (Å²) in [4.78, 5) is 4.27. The van der Waals surface area contributed by atoms with Crippen LogP contribution in [0.1, 0.15) is 18.2 Å². The number of pyridine rings is 1. The third-order valence-corrected chi connectivity index (χ3v) is 2.38. The van der Waals surface area contributed by atoms with Crippen molar-refractivity contribution in [1.29, 1.82) is 0 Å². The van der Waals surface area contributed by atoms with Crippen molar-refractivity contribution >= 4 is 15.9 Å². The largest absolute Gasteiger partial charge is 0.464 e. The van der Waals surface area contributed by atoms with Crippen molar-refractivity contribution < 1.29 is 9.47 Å².